The molecule has 1 aromatic heterocycles. The van der Waals surface area contributed by atoms with Crippen LogP contribution in [0.25, 0.3) is 0 Å². The Bertz CT molecular complexity index is 415. The zero-order valence-corrected chi connectivity index (χ0v) is 10.8. The second kappa shape index (κ2) is 5.82. The Kier molecular flexibility index (Phi) is 4.15. The molecule has 98 valence electrons. The second-order valence-electron chi connectivity index (χ2n) is 4.63. The van der Waals surface area contributed by atoms with Crippen LogP contribution < -0.4 is 10.6 Å². The van der Waals surface area contributed by atoms with Crippen molar-refractivity contribution in [2.24, 2.45) is 5.73 Å². The molecule has 1 fully saturated rings. The largest absolute Gasteiger partial charge is 0.350 e. The summed E-state index contributed by atoms with van der Waals surface area (Å²) in [7, 11) is 1.88. The number of amides is 1. The lowest BCUT2D eigenvalue weighted by Crippen LogP contribution is -2.38. The lowest BCUT2D eigenvalue weighted by molar-refractivity contribution is -0.128. The molecule has 2 rings (SSSR count). The number of likely N-dealkylation sites (N-methyl/N-ethyl adjacent to an activating group) is 1. The number of rotatable bonds is 4. The van der Waals surface area contributed by atoms with Crippen molar-refractivity contribution >= 4 is 11.7 Å². The van der Waals surface area contributed by atoms with Crippen LogP contribution in [0.5, 0.6) is 0 Å². The monoisotopic (exact) mass is 248 g/mol. The first kappa shape index (κ1) is 12.8. The molecule has 1 aliphatic rings. The summed E-state index contributed by atoms with van der Waals surface area (Å²) in [5.41, 5.74) is 6.65. The highest BCUT2D eigenvalue weighted by molar-refractivity contribution is 5.81. The molecule has 18 heavy (non-hydrogen) atoms. The van der Waals surface area contributed by atoms with Gasteiger partial charge >= 0.3 is 0 Å². The topological polar surface area (TPSA) is 62.5 Å². The summed E-state index contributed by atoms with van der Waals surface area (Å²) in [6.07, 6.45) is 3.96. The average Bonchev–Trinajstić information content (AvgIpc) is 2.92. The molecule has 1 aliphatic heterocycles. The summed E-state index contributed by atoms with van der Waals surface area (Å²) in [5, 5.41) is 0. The Morgan fingerprint density at radius 2 is 2.22 bits per heavy atom. The van der Waals surface area contributed by atoms with E-state index in [1.807, 2.05) is 29.0 Å². The third kappa shape index (κ3) is 2.79. The van der Waals surface area contributed by atoms with Gasteiger partial charge in [-0.25, -0.2) is 4.98 Å². The third-order valence-electron chi connectivity index (χ3n) is 3.28. The SMILES string of the molecule is CN(CC(=O)N1CCCC1)c1ncccc1CN. The van der Waals surface area contributed by atoms with E-state index in [9.17, 15) is 4.79 Å². The minimum absolute atomic E-state index is 0.170. The molecule has 1 aromatic rings. The number of pyridine rings is 1. The summed E-state index contributed by atoms with van der Waals surface area (Å²) < 4.78 is 0. The quantitative estimate of drug-likeness (QED) is 0.847. The summed E-state index contributed by atoms with van der Waals surface area (Å²) in [5.74, 6) is 0.969. The highest BCUT2D eigenvalue weighted by atomic mass is 16.2. The van der Waals surface area contributed by atoms with Gasteiger partial charge in [0.15, 0.2) is 0 Å². The Hall–Kier alpha value is -1.62. The van der Waals surface area contributed by atoms with E-state index in [4.69, 9.17) is 5.73 Å². The number of aromatic nitrogens is 1. The molecule has 0 unspecified atom stereocenters. The van der Waals surface area contributed by atoms with Gasteiger partial charge in [0.05, 0.1) is 6.54 Å². The van der Waals surface area contributed by atoms with E-state index in [2.05, 4.69) is 4.98 Å². The molecule has 0 spiro atoms. The molecule has 0 saturated carbocycles. The third-order valence-corrected chi connectivity index (χ3v) is 3.28. The molecule has 0 atom stereocenters. The lowest BCUT2D eigenvalue weighted by atomic mass is 10.2. The first-order valence-electron chi connectivity index (χ1n) is 6.35. The molecule has 0 aliphatic carbocycles. The van der Waals surface area contributed by atoms with Crippen molar-refractivity contribution in [1.82, 2.24) is 9.88 Å². The van der Waals surface area contributed by atoms with Crippen molar-refractivity contribution in [3.63, 3.8) is 0 Å². The molecule has 2 heterocycles. The normalized spacial score (nSPS) is 14.9. The van der Waals surface area contributed by atoms with Gasteiger partial charge < -0.3 is 15.5 Å². The maximum absolute atomic E-state index is 12.1. The van der Waals surface area contributed by atoms with Crippen LogP contribution in [-0.4, -0.2) is 42.5 Å². The molecule has 1 amide bonds. The van der Waals surface area contributed by atoms with Crippen molar-refractivity contribution in [1.29, 1.82) is 0 Å². The van der Waals surface area contributed by atoms with Crippen LogP contribution in [0.3, 0.4) is 0 Å². The molecule has 5 heteroatoms. The number of nitrogens with two attached hydrogens (primary N) is 1. The molecule has 0 radical (unpaired) electrons. The van der Waals surface area contributed by atoms with E-state index in [1.165, 1.54) is 0 Å². The van der Waals surface area contributed by atoms with Crippen LogP contribution >= 0.6 is 0 Å². The molecule has 0 bridgehead atoms. The number of hydrogen-bond acceptors (Lipinski definition) is 4. The Labute approximate surface area is 108 Å². The van der Waals surface area contributed by atoms with Crippen molar-refractivity contribution in [2.75, 3.05) is 31.6 Å². The van der Waals surface area contributed by atoms with Crippen LogP contribution in [0.1, 0.15) is 18.4 Å². The van der Waals surface area contributed by atoms with Crippen LogP contribution in [-0.2, 0) is 11.3 Å². The van der Waals surface area contributed by atoms with Gasteiger partial charge in [-0.2, -0.15) is 0 Å². The summed E-state index contributed by atoms with van der Waals surface area (Å²) in [4.78, 5) is 20.2. The van der Waals surface area contributed by atoms with Gasteiger partial charge in [-0.05, 0) is 18.9 Å². The Morgan fingerprint density at radius 3 is 2.89 bits per heavy atom. The van der Waals surface area contributed by atoms with Gasteiger partial charge in [0.1, 0.15) is 5.82 Å². The molecule has 5 nitrogen and oxygen atoms in total. The van der Waals surface area contributed by atoms with Gasteiger partial charge in [-0.15, -0.1) is 0 Å². The standard InChI is InChI=1S/C13H20N4O/c1-16(10-12(18)17-7-2-3-8-17)13-11(9-14)5-4-6-15-13/h4-6H,2-3,7-10,14H2,1H3. The van der Waals surface area contributed by atoms with E-state index in [0.29, 0.717) is 13.1 Å². The zero-order valence-electron chi connectivity index (χ0n) is 10.8. The van der Waals surface area contributed by atoms with Gasteiger partial charge in [0.25, 0.3) is 0 Å². The number of carbonyl (C=O) groups is 1. The first-order valence-corrected chi connectivity index (χ1v) is 6.35. The Balaban J connectivity index is 2.02. The number of nitrogens with zero attached hydrogens (tertiary/aromatic N) is 3. The fourth-order valence-corrected chi connectivity index (χ4v) is 2.28. The van der Waals surface area contributed by atoms with Crippen LogP contribution in [0, 0.1) is 0 Å². The number of anilines is 1. The van der Waals surface area contributed by atoms with E-state index in [0.717, 1.165) is 37.3 Å². The van der Waals surface area contributed by atoms with Crippen molar-refractivity contribution in [3.05, 3.63) is 23.9 Å². The number of hydrogen-bond donors (Lipinski definition) is 1. The van der Waals surface area contributed by atoms with E-state index >= 15 is 0 Å². The highest BCUT2D eigenvalue weighted by Gasteiger charge is 2.20. The van der Waals surface area contributed by atoms with Gasteiger partial charge in [0.2, 0.25) is 5.91 Å². The first-order chi connectivity index (χ1) is 8.72. The van der Waals surface area contributed by atoms with Crippen LogP contribution in [0.2, 0.25) is 0 Å². The molecule has 0 aromatic carbocycles. The van der Waals surface area contributed by atoms with Crippen molar-refractivity contribution < 1.29 is 4.79 Å². The van der Waals surface area contributed by atoms with Gasteiger partial charge in [-0.1, -0.05) is 6.07 Å². The van der Waals surface area contributed by atoms with Crippen LogP contribution in [0.4, 0.5) is 5.82 Å². The predicted octanol–water partition coefficient (Wildman–Crippen LogP) is 0.599. The van der Waals surface area contributed by atoms with Crippen molar-refractivity contribution in [2.45, 2.75) is 19.4 Å². The molecular formula is C13H20N4O. The van der Waals surface area contributed by atoms with Crippen molar-refractivity contribution in [3.8, 4) is 0 Å². The van der Waals surface area contributed by atoms with E-state index in [1.54, 1.807) is 6.20 Å². The zero-order chi connectivity index (χ0) is 13.0. The fraction of sp³-hybridized carbons (Fsp3) is 0.538. The maximum Gasteiger partial charge on any atom is 0.242 e. The van der Waals surface area contributed by atoms with E-state index < -0.39 is 0 Å². The maximum atomic E-state index is 12.1. The molecule has 1 saturated heterocycles. The summed E-state index contributed by atoms with van der Waals surface area (Å²) >= 11 is 0. The van der Waals surface area contributed by atoms with E-state index in [-0.39, 0.29) is 5.91 Å². The minimum Gasteiger partial charge on any atom is -0.350 e. The second-order valence-corrected chi connectivity index (χ2v) is 4.63. The summed E-state index contributed by atoms with van der Waals surface area (Å²) in [6.45, 7) is 2.58. The highest BCUT2D eigenvalue weighted by Crippen LogP contribution is 2.15. The van der Waals surface area contributed by atoms with Gasteiger partial charge in [0, 0.05) is 38.4 Å². The average molecular weight is 248 g/mol. The molecular weight excluding hydrogens is 228 g/mol. The smallest absolute Gasteiger partial charge is 0.242 e. The minimum atomic E-state index is 0.170. The fourth-order valence-electron chi connectivity index (χ4n) is 2.28. The Morgan fingerprint density at radius 1 is 1.50 bits per heavy atom. The van der Waals surface area contributed by atoms with Crippen LogP contribution in [0.15, 0.2) is 18.3 Å². The summed E-state index contributed by atoms with van der Waals surface area (Å²) in [6, 6.07) is 3.81. The predicted molar refractivity (Wildman–Crippen MR) is 71.2 cm³/mol. The lowest BCUT2D eigenvalue weighted by Gasteiger charge is -2.23. The number of carbonyl (C=O) groups excluding carboxylic acids is 1. The molecule has 2 N–H and O–H groups in total. The number of likely N-dealkylation sites (tertiary alicyclic amines) is 1. The van der Waals surface area contributed by atoms with Gasteiger partial charge in [-0.3, -0.25) is 4.79 Å².